The minimum absolute atomic E-state index is 0. The third kappa shape index (κ3) is 6.56. The first-order chi connectivity index (χ1) is 8.96. The molecule has 116 valence electrons. The molecule has 0 saturated heterocycles. The zero-order valence-electron chi connectivity index (χ0n) is 12.4. The molecule has 2 N–H and O–H groups in total. The van der Waals surface area contributed by atoms with Crippen LogP contribution >= 0.6 is 7.60 Å². The number of hydrogen-bond donors (Lipinski definition) is 2. The van der Waals surface area contributed by atoms with Crippen LogP contribution in [0.25, 0.3) is 0 Å². The van der Waals surface area contributed by atoms with Crippen LogP contribution in [0.3, 0.4) is 0 Å². The fourth-order valence-electron chi connectivity index (χ4n) is 1.10. The summed E-state index contributed by atoms with van der Waals surface area (Å²) in [6, 6.07) is 0. The van der Waals surface area contributed by atoms with Gasteiger partial charge in [-0.25, -0.2) is 9.86 Å². The third-order valence-corrected chi connectivity index (χ3v) is 3.88. The Morgan fingerprint density at radius 2 is 1.76 bits per heavy atom. The predicted octanol–water partition coefficient (Wildman–Crippen LogP) is -3.03. The molecule has 1 unspecified atom stereocenters. The van der Waals surface area contributed by atoms with Gasteiger partial charge in [-0.05, 0) is 20.8 Å². The van der Waals surface area contributed by atoms with Gasteiger partial charge in [-0.1, -0.05) is 0 Å². The molecule has 21 heavy (non-hydrogen) atoms. The molecule has 0 aliphatic carbocycles. The number of aliphatic carboxylic acids is 1. The van der Waals surface area contributed by atoms with E-state index in [4.69, 9.17) is 5.11 Å². The van der Waals surface area contributed by atoms with Gasteiger partial charge in [0.25, 0.3) is 0 Å². The van der Waals surface area contributed by atoms with Crippen molar-refractivity contribution < 1.29 is 68.2 Å². The molecule has 0 saturated carbocycles. The van der Waals surface area contributed by atoms with Crippen LogP contribution in [0.15, 0.2) is 0 Å². The molecule has 0 bridgehead atoms. The van der Waals surface area contributed by atoms with Crippen LogP contribution in [0.2, 0.25) is 0 Å². The normalized spacial score (nSPS) is 13.8. The Bertz CT molecular complexity index is 452. The van der Waals surface area contributed by atoms with Crippen molar-refractivity contribution in [3.63, 3.8) is 0 Å². The van der Waals surface area contributed by atoms with Crippen LogP contribution in [-0.2, 0) is 23.5 Å². The molecular formula is C10H17NNaO8P. The number of nitrogens with zero attached hydrogens (tertiary/aromatic N) is 1. The summed E-state index contributed by atoms with van der Waals surface area (Å²) in [5, 5.41) is 18.2. The van der Waals surface area contributed by atoms with E-state index in [1.165, 1.54) is 6.92 Å². The van der Waals surface area contributed by atoms with Crippen molar-refractivity contribution in [2.75, 3.05) is 6.61 Å². The molecule has 9 nitrogen and oxygen atoms in total. The number of hydrogen-bond acceptors (Lipinski definition) is 7. The second-order valence-electron chi connectivity index (χ2n) is 4.38. The molecule has 0 spiro atoms. The van der Waals surface area contributed by atoms with Gasteiger partial charge in [-0.3, -0.25) is 14.8 Å². The maximum Gasteiger partial charge on any atom is 1.00 e. The summed E-state index contributed by atoms with van der Waals surface area (Å²) in [5.74, 6) is -2.54. The van der Waals surface area contributed by atoms with Crippen LogP contribution in [0, 0.1) is 0 Å². The summed E-state index contributed by atoms with van der Waals surface area (Å²) in [6.45, 7) is 3.33. The predicted molar refractivity (Wildman–Crippen MR) is 63.8 cm³/mol. The van der Waals surface area contributed by atoms with E-state index in [9.17, 15) is 29.0 Å². The Balaban J connectivity index is 0. The van der Waals surface area contributed by atoms with E-state index in [1.54, 1.807) is 0 Å². The van der Waals surface area contributed by atoms with E-state index in [0.29, 0.717) is 0 Å². The quantitative estimate of drug-likeness (QED) is 0.206. The Kier molecular flexibility index (Phi) is 9.85. The van der Waals surface area contributed by atoms with E-state index in [0.717, 1.165) is 13.8 Å². The maximum absolute atomic E-state index is 11.5. The van der Waals surface area contributed by atoms with Crippen molar-refractivity contribution >= 4 is 25.0 Å². The molecule has 0 rings (SSSR count). The van der Waals surface area contributed by atoms with Crippen LogP contribution in [0.4, 0.5) is 0 Å². The van der Waals surface area contributed by atoms with Crippen LogP contribution in [-0.4, -0.2) is 44.9 Å². The van der Waals surface area contributed by atoms with Gasteiger partial charge in [-0.15, -0.1) is 0 Å². The van der Waals surface area contributed by atoms with Gasteiger partial charge >= 0.3 is 35.5 Å². The SMILES string of the molecule is CCOP(=O)([O-])C(=O)CCC(=O)N(O)C(C)(C)C(=O)O.[Na+]. The number of rotatable bonds is 8. The molecule has 1 amide bonds. The Labute approximate surface area is 144 Å². The molecule has 0 aliphatic rings. The molecule has 0 aromatic rings. The molecule has 1 atom stereocenters. The Morgan fingerprint density at radius 3 is 2.14 bits per heavy atom. The van der Waals surface area contributed by atoms with E-state index < -0.39 is 43.4 Å². The van der Waals surface area contributed by atoms with Gasteiger partial charge in [0.15, 0.2) is 5.54 Å². The van der Waals surface area contributed by atoms with Crippen LogP contribution in [0.1, 0.15) is 33.6 Å². The number of carboxylic acid groups (broad SMARTS) is 1. The minimum atomic E-state index is -4.69. The standard InChI is InChI=1S/C10H18NO8P.Na/c1-4-19-20(17,18)8(13)6-5-7(12)11(16)10(2,3)9(14)15;/h16H,4-6H2,1-3H3,(H,14,15)(H,17,18);/q;+1/p-1. The summed E-state index contributed by atoms with van der Waals surface area (Å²) in [7, 11) is -4.69. The van der Waals surface area contributed by atoms with Crippen molar-refractivity contribution in [1.82, 2.24) is 5.06 Å². The van der Waals surface area contributed by atoms with E-state index >= 15 is 0 Å². The number of carboxylic acids is 1. The monoisotopic (exact) mass is 333 g/mol. The topological polar surface area (TPSA) is 144 Å². The number of amides is 1. The van der Waals surface area contributed by atoms with Crippen molar-refractivity contribution in [2.45, 2.75) is 39.2 Å². The molecule has 0 aromatic heterocycles. The zero-order valence-corrected chi connectivity index (χ0v) is 15.3. The average molecular weight is 333 g/mol. The molecule has 0 fully saturated rings. The largest absolute Gasteiger partial charge is 1.00 e. The molecule has 0 radical (unpaired) electrons. The second kappa shape index (κ2) is 8.99. The van der Waals surface area contributed by atoms with Crippen LogP contribution < -0.4 is 34.5 Å². The zero-order chi connectivity index (χ0) is 16.1. The Hall–Kier alpha value is -0.280. The smallest absolute Gasteiger partial charge is 0.773 e. The third-order valence-electron chi connectivity index (χ3n) is 2.45. The van der Waals surface area contributed by atoms with E-state index in [2.05, 4.69) is 4.52 Å². The summed E-state index contributed by atoms with van der Waals surface area (Å²) < 4.78 is 15.5. The first-order valence-corrected chi connectivity index (χ1v) is 7.25. The van der Waals surface area contributed by atoms with Gasteiger partial charge in [0.05, 0.1) is 6.61 Å². The van der Waals surface area contributed by atoms with Gasteiger partial charge in [-0.2, -0.15) is 0 Å². The van der Waals surface area contributed by atoms with Crippen molar-refractivity contribution in [2.24, 2.45) is 0 Å². The van der Waals surface area contributed by atoms with Gasteiger partial charge < -0.3 is 19.1 Å². The number of hydroxylamine groups is 2. The first kappa shape index (κ1) is 23.0. The molecular weight excluding hydrogens is 316 g/mol. The number of carbonyl (C=O) groups excluding carboxylic acids is 2. The fourth-order valence-corrected chi connectivity index (χ4v) is 1.97. The fraction of sp³-hybridized carbons (Fsp3) is 0.700. The molecule has 0 heterocycles. The van der Waals surface area contributed by atoms with Crippen LogP contribution in [0.5, 0.6) is 0 Å². The summed E-state index contributed by atoms with van der Waals surface area (Å²) in [5.41, 5.74) is -3.17. The van der Waals surface area contributed by atoms with E-state index in [-0.39, 0.29) is 41.2 Å². The van der Waals surface area contributed by atoms with Crippen molar-refractivity contribution in [3.05, 3.63) is 0 Å². The van der Waals surface area contributed by atoms with Gasteiger partial charge in [0.2, 0.25) is 19.0 Å². The number of carbonyl (C=O) groups is 3. The van der Waals surface area contributed by atoms with Gasteiger partial charge in [0.1, 0.15) is 0 Å². The summed E-state index contributed by atoms with van der Waals surface area (Å²) >= 11 is 0. The minimum Gasteiger partial charge on any atom is -0.773 e. The van der Waals surface area contributed by atoms with Crippen molar-refractivity contribution in [3.8, 4) is 0 Å². The Morgan fingerprint density at radius 1 is 1.29 bits per heavy atom. The molecule has 0 aromatic carbocycles. The average Bonchev–Trinajstić information content (AvgIpc) is 2.33. The summed E-state index contributed by atoms with van der Waals surface area (Å²) in [6.07, 6.45) is -1.35. The second-order valence-corrected chi connectivity index (χ2v) is 6.13. The summed E-state index contributed by atoms with van der Waals surface area (Å²) in [4.78, 5) is 44.8. The molecule has 0 aliphatic heterocycles. The van der Waals surface area contributed by atoms with E-state index in [1.807, 2.05) is 0 Å². The van der Waals surface area contributed by atoms with Gasteiger partial charge in [0, 0.05) is 12.8 Å². The maximum atomic E-state index is 11.5. The van der Waals surface area contributed by atoms with Crippen molar-refractivity contribution in [1.29, 1.82) is 0 Å². The first-order valence-electron chi connectivity index (χ1n) is 5.71. The molecule has 11 heteroatoms.